The first-order valence-corrected chi connectivity index (χ1v) is 10.2. The molecule has 5 heteroatoms. The Labute approximate surface area is 180 Å². The Hall–Kier alpha value is -2.95. The number of carbonyl (C=O) groups is 2. The van der Waals surface area contributed by atoms with Crippen LogP contribution in [0.5, 0.6) is 0 Å². The van der Waals surface area contributed by atoms with Gasteiger partial charge >= 0.3 is 0 Å². The number of para-hydroxylation sites is 1. The summed E-state index contributed by atoms with van der Waals surface area (Å²) in [4.78, 5) is 28.0. The average Bonchev–Trinajstić information content (AvgIpc) is 2.91. The highest BCUT2D eigenvalue weighted by molar-refractivity contribution is 6.31. The molecule has 0 saturated carbocycles. The van der Waals surface area contributed by atoms with Gasteiger partial charge in [0.1, 0.15) is 0 Å². The summed E-state index contributed by atoms with van der Waals surface area (Å²) < 4.78 is 0. The SMILES string of the molecule is Cc1ccc(C(=O)CC2(O)C(=O)N(Cc3ccccc3Cl)c3ccccc32)c(C)c1. The molecule has 0 radical (unpaired) electrons. The van der Waals surface area contributed by atoms with E-state index in [1.807, 2.05) is 50.2 Å². The predicted molar refractivity (Wildman–Crippen MR) is 118 cm³/mol. The van der Waals surface area contributed by atoms with E-state index in [0.717, 1.165) is 16.7 Å². The Balaban J connectivity index is 1.70. The van der Waals surface area contributed by atoms with E-state index >= 15 is 0 Å². The van der Waals surface area contributed by atoms with Crippen LogP contribution in [0.4, 0.5) is 5.69 Å². The topological polar surface area (TPSA) is 57.6 Å². The molecule has 30 heavy (non-hydrogen) atoms. The van der Waals surface area contributed by atoms with Gasteiger partial charge in [0.2, 0.25) is 0 Å². The number of carbonyl (C=O) groups excluding carboxylic acids is 2. The number of aryl methyl sites for hydroxylation is 2. The third-order valence-electron chi connectivity index (χ3n) is 5.62. The first-order chi connectivity index (χ1) is 14.3. The van der Waals surface area contributed by atoms with Gasteiger partial charge in [-0.2, -0.15) is 0 Å². The van der Waals surface area contributed by atoms with Crippen molar-refractivity contribution in [3.05, 3.63) is 99.6 Å². The van der Waals surface area contributed by atoms with Gasteiger partial charge in [-0.1, -0.05) is 71.8 Å². The number of hydrogen-bond acceptors (Lipinski definition) is 3. The molecule has 0 bridgehead atoms. The van der Waals surface area contributed by atoms with Crippen molar-refractivity contribution in [2.45, 2.75) is 32.4 Å². The van der Waals surface area contributed by atoms with Gasteiger partial charge in [-0.05, 0) is 37.1 Å². The van der Waals surface area contributed by atoms with E-state index in [1.54, 1.807) is 30.3 Å². The highest BCUT2D eigenvalue weighted by Crippen LogP contribution is 2.44. The van der Waals surface area contributed by atoms with Crippen LogP contribution in [0.2, 0.25) is 5.02 Å². The second kappa shape index (κ2) is 7.71. The highest BCUT2D eigenvalue weighted by Gasteiger charge is 2.50. The summed E-state index contributed by atoms with van der Waals surface area (Å²) in [5.41, 5.74) is 2.30. The standard InChI is InChI=1S/C25H22ClNO3/c1-16-11-12-19(17(2)13-16)23(28)14-25(30)20-8-4-6-10-22(20)27(24(25)29)15-18-7-3-5-9-21(18)26/h3-13,30H,14-15H2,1-2H3. The molecular weight excluding hydrogens is 398 g/mol. The number of nitrogens with zero attached hydrogens (tertiary/aromatic N) is 1. The van der Waals surface area contributed by atoms with Crippen LogP contribution in [0.1, 0.15) is 39.0 Å². The van der Waals surface area contributed by atoms with Crippen molar-refractivity contribution in [2.24, 2.45) is 0 Å². The lowest BCUT2D eigenvalue weighted by molar-refractivity contribution is -0.136. The number of fused-ring (bicyclic) bond motifs is 1. The van der Waals surface area contributed by atoms with E-state index in [9.17, 15) is 14.7 Å². The third-order valence-corrected chi connectivity index (χ3v) is 5.99. The molecule has 3 aromatic rings. The Kier molecular flexibility index (Phi) is 5.22. The van der Waals surface area contributed by atoms with Gasteiger partial charge in [-0.25, -0.2) is 0 Å². The summed E-state index contributed by atoms with van der Waals surface area (Å²) in [5, 5.41) is 12.0. The van der Waals surface area contributed by atoms with Crippen molar-refractivity contribution in [2.75, 3.05) is 4.90 Å². The van der Waals surface area contributed by atoms with Crippen LogP contribution in [0, 0.1) is 13.8 Å². The molecule has 1 aliphatic rings. The Morgan fingerprint density at radius 3 is 2.47 bits per heavy atom. The molecule has 0 saturated heterocycles. The van der Waals surface area contributed by atoms with Gasteiger partial charge < -0.3 is 10.0 Å². The minimum absolute atomic E-state index is 0.218. The molecule has 4 nitrogen and oxygen atoms in total. The average molecular weight is 420 g/mol. The normalized spacial score (nSPS) is 17.9. The van der Waals surface area contributed by atoms with Crippen molar-refractivity contribution in [3.8, 4) is 0 Å². The number of hydrogen-bond donors (Lipinski definition) is 1. The molecule has 0 spiro atoms. The van der Waals surface area contributed by atoms with Gasteiger partial charge in [-0.15, -0.1) is 0 Å². The molecule has 0 aliphatic carbocycles. The zero-order chi connectivity index (χ0) is 21.5. The van der Waals surface area contributed by atoms with E-state index in [0.29, 0.717) is 21.8 Å². The number of aliphatic hydroxyl groups is 1. The summed E-state index contributed by atoms with van der Waals surface area (Å²) >= 11 is 6.29. The Morgan fingerprint density at radius 1 is 1.03 bits per heavy atom. The highest BCUT2D eigenvalue weighted by atomic mass is 35.5. The van der Waals surface area contributed by atoms with Crippen molar-refractivity contribution in [1.29, 1.82) is 0 Å². The van der Waals surface area contributed by atoms with Crippen LogP contribution in [-0.2, 0) is 16.9 Å². The monoisotopic (exact) mass is 419 g/mol. The second-order valence-electron chi connectivity index (χ2n) is 7.78. The number of Topliss-reactive ketones (excluding diaryl/α,β-unsaturated/α-hetero) is 1. The molecule has 1 heterocycles. The maximum atomic E-state index is 13.4. The lowest BCUT2D eigenvalue weighted by atomic mass is 9.87. The summed E-state index contributed by atoms with van der Waals surface area (Å²) in [6, 6.07) is 19.9. The van der Waals surface area contributed by atoms with Crippen LogP contribution in [0.3, 0.4) is 0 Å². The summed E-state index contributed by atoms with van der Waals surface area (Å²) in [6.07, 6.45) is -0.314. The zero-order valence-corrected chi connectivity index (χ0v) is 17.6. The minimum atomic E-state index is -1.91. The molecule has 0 aromatic heterocycles. The van der Waals surface area contributed by atoms with Crippen molar-refractivity contribution < 1.29 is 14.7 Å². The minimum Gasteiger partial charge on any atom is -0.375 e. The van der Waals surface area contributed by atoms with Crippen LogP contribution < -0.4 is 4.90 Å². The molecular formula is C25H22ClNO3. The number of anilines is 1. The molecule has 0 fully saturated rings. The largest absolute Gasteiger partial charge is 0.375 e. The lowest BCUT2D eigenvalue weighted by Crippen LogP contribution is -2.41. The second-order valence-corrected chi connectivity index (χ2v) is 8.19. The molecule has 1 N–H and O–H groups in total. The Bertz CT molecular complexity index is 1160. The number of rotatable bonds is 5. The van der Waals surface area contributed by atoms with Gasteiger partial charge in [0.25, 0.3) is 5.91 Å². The third kappa shape index (κ3) is 3.42. The number of amides is 1. The van der Waals surface area contributed by atoms with E-state index in [4.69, 9.17) is 11.6 Å². The predicted octanol–water partition coefficient (Wildman–Crippen LogP) is 4.96. The molecule has 4 rings (SSSR count). The molecule has 152 valence electrons. The molecule has 3 aromatic carbocycles. The Morgan fingerprint density at radius 2 is 1.73 bits per heavy atom. The van der Waals surface area contributed by atoms with Gasteiger partial charge in [0, 0.05) is 16.1 Å². The van der Waals surface area contributed by atoms with Gasteiger partial charge in [-0.3, -0.25) is 9.59 Å². The number of halogens is 1. The van der Waals surface area contributed by atoms with Gasteiger partial charge in [0.05, 0.1) is 18.7 Å². The number of ketones is 1. The smallest absolute Gasteiger partial charge is 0.264 e. The van der Waals surface area contributed by atoms with Crippen LogP contribution in [0.15, 0.2) is 66.7 Å². The first kappa shape index (κ1) is 20.3. The summed E-state index contributed by atoms with van der Waals surface area (Å²) in [7, 11) is 0. The van der Waals surface area contributed by atoms with Crippen LogP contribution >= 0.6 is 11.6 Å². The fraction of sp³-hybridized carbons (Fsp3) is 0.200. The van der Waals surface area contributed by atoms with Crippen molar-refractivity contribution in [3.63, 3.8) is 0 Å². The van der Waals surface area contributed by atoms with E-state index in [-0.39, 0.29) is 18.7 Å². The van der Waals surface area contributed by atoms with Crippen LogP contribution in [0.25, 0.3) is 0 Å². The lowest BCUT2D eigenvalue weighted by Gasteiger charge is -2.23. The van der Waals surface area contributed by atoms with E-state index in [1.165, 1.54) is 4.90 Å². The maximum absolute atomic E-state index is 13.4. The quantitative estimate of drug-likeness (QED) is 0.594. The van der Waals surface area contributed by atoms with Crippen molar-refractivity contribution in [1.82, 2.24) is 0 Å². The molecule has 1 amide bonds. The summed E-state index contributed by atoms with van der Waals surface area (Å²) in [6.45, 7) is 4.03. The van der Waals surface area contributed by atoms with E-state index < -0.39 is 11.5 Å². The molecule has 1 unspecified atom stereocenters. The van der Waals surface area contributed by atoms with Crippen molar-refractivity contribution >= 4 is 29.0 Å². The van der Waals surface area contributed by atoms with Gasteiger partial charge in [0.15, 0.2) is 11.4 Å². The fourth-order valence-electron chi connectivity index (χ4n) is 4.09. The van der Waals surface area contributed by atoms with E-state index in [2.05, 4.69) is 0 Å². The van der Waals surface area contributed by atoms with Crippen LogP contribution in [-0.4, -0.2) is 16.8 Å². The molecule has 1 atom stereocenters. The fourth-order valence-corrected chi connectivity index (χ4v) is 4.28. The maximum Gasteiger partial charge on any atom is 0.264 e. The summed E-state index contributed by atoms with van der Waals surface area (Å²) in [5.74, 6) is -0.778. The number of benzene rings is 3. The first-order valence-electron chi connectivity index (χ1n) is 9.79. The zero-order valence-electron chi connectivity index (χ0n) is 16.9. The molecule has 1 aliphatic heterocycles.